The van der Waals surface area contributed by atoms with Gasteiger partial charge in [-0.05, 0) is 51.4 Å². The third-order valence-corrected chi connectivity index (χ3v) is 4.75. The Balaban J connectivity index is 1.83. The van der Waals surface area contributed by atoms with Crippen LogP contribution in [-0.2, 0) is 0 Å². The van der Waals surface area contributed by atoms with Gasteiger partial charge < -0.3 is 15.7 Å². The lowest BCUT2D eigenvalue weighted by molar-refractivity contribution is -0.138. The lowest BCUT2D eigenvalue weighted by atomic mass is 10.1. The van der Waals surface area contributed by atoms with E-state index in [2.05, 4.69) is 37.4 Å². The second kappa shape index (κ2) is 6.91. The van der Waals surface area contributed by atoms with E-state index in [1.165, 1.54) is 0 Å². The van der Waals surface area contributed by atoms with Crippen molar-refractivity contribution in [3.8, 4) is 11.8 Å². The molecule has 6 nitrogen and oxygen atoms in total. The molecule has 1 aromatic heterocycles. The number of halogens is 3. The number of rotatable bonds is 6. The van der Waals surface area contributed by atoms with Crippen molar-refractivity contribution in [1.82, 2.24) is 15.0 Å². The lowest BCUT2D eigenvalue weighted by Gasteiger charge is -2.18. The number of aliphatic hydroxyl groups excluding tert-OH is 1. The first-order chi connectivity index (χ1) is 12.2. The van der Waals surface area contributed by atoms with Gasteiger partial charge in [0.15, 0.2) is 0 Å². The Hall–Kier alpha value is -2.08. The molecule has 2 fully saturated rings. The van der Waals surface area contributed by atoms with E-state index in [1.54, 1.807) is 0 Å². The van der Waals surface area contributed by atoms with E-state index >= 15 is 0 Å². The molecule has 9 heteroatoms. The average molecular weight is 369 g/mol. The van der Waals surface area contributed by atoms with Gasteiger partial charge in [0.2, 0.25) is 17.7 Å². The van der Waals surface area contributed by atoms with E-state index in [1.807, 2.05) is 6.92 Å². The van der Waals surface area contributed by atoms with Crippen molar-refractivity contribution in [3.63, 3.8) is 0 Å². The molecule has 0 radical (unpaired) electrons. The first-order valence-electron chi connectivity index (χ1n) is 8.71. The van der Waals surface area contributed by atoms with Gasteiger partial charge in [0.25, 0.3) is 0 Å². The van der Waals surface area contributed by atoms with Gasteiger partial charge in [-0.1, -0.05) is 5.92 Å². The summed E-state index contributed by atoms with van der Waals surface area (Å²) in [7, 11) is 0. The number of anilines is 2. The maximum Gasteiger partial charge on any atom is 0.408 e. The topological polar surface area (TPSA) is 83.0 Å². The van der Waals surface area contributed by atoms with Gasteiger partial charge in [0.1, 0.15) is 6.04 Å². The van der Waals surface area contributed by atoms with Crippen molar-refractivity contribution in [2.24, 2.45) is 11.3 Å². The molecule has 0 unspecified atom stereocenters. The molecular weight excluding hydrogens is 347 g/mol. The van der Waals surface area contributed by atoms with Crippen LogP contribution < -0.4 is 10.6 Å². The molecule has 2 aliphatic rings. The van der Waals surface area contributed by atoms with Crippen molar-refractivity contribution in [3.05, 3.63) is 5.82 Å². The van der Waals surface area contributed by atoms with Gasteiger partial charge in [0.05, 0.1) is 12.0 Å². The molecule has 0 aliphatic heterocycles. The van der Waals surface area contributed by atoms with Crippen molar-refractivity contribution < 1.29 is 18.3 Å². The fraction of sp³-hybridized carbons (Fsp3) is 0.706. The second-order valence-corrected chi connectivity index (χ2v) is 7.17. The molecule has 0 aromatic carbocycles. The van der Waals surface area contributed by atoms with Crippen LogP contribution in [0.15, 0.2) is 0 Å². The number of aliphatic hydroxyl groups is 1. The largest absolute Gasteiger partial charge is 0.408 e. The molecule has 0 amide bonds. The minimum absolute atomic E-state index is 0.0505. The average Bonchev–Trinajstić information content (AvgIpc) is 3.46. The van der Waals surface area contributed by atoms with Crippen LogP contribution in [0, 0.1) is 23.2 Å². The van der Waals surface area contributed by atoms with E-state index < -0.39 is 17.6 Å². The quantitative estimate of drug-likeness (QED) is 0.669. The molecule has 0 bridgehead atoms. The first kappa shape index (κ1) is 18.7. The van der Waals surface area contributed by atoms with Crippen LogP contribution in [-0.4, -0.2) is 44.9 Å². The number of hydrogen-bond acceptors (Lipinski definition) is 6. The van der Waals surface area contributed by atoms with E-state index in [9.17, 15) is 18.3 Å². The van der Waals surface area contributed by atoms with Gasteiger partial charge in [-0.2, -0.15) is 28.1 Å². The Morgan fingerprint density at radius 2 is 1.77 bits per heavy atom. The summed E-state index contributed by atoms with van der Waals surface area (Å²) in [5, 5.41) is 14.7. The molecule has 2 aliphatic carbocycles. The molecule has 26 heavy (non-hydrogen) atoms. The third kappa shape index (κ3) is 4.75. The van der Waals surface area contributed by atoms with Crippen LogP contribution in [0.2, 0.25) is 0 Å². The zero-order valence-corrected chi connectivity index (χ0v) is 14.7. The molecule has 1 aromatic rings. The minimum atomic E-state index is -4.41. The predicted molar refractivity (Wildman–Crippen MR) is 90.4 cm³/mol. The smallest absolute Gasteiger partial charge is 0.395 e. The van der Waals surface area contributed by atoms with Gasteiger partial charge in [-0.3, -0.25) is 0 Å². The van der Waals surface area contributed by atoms with Crippen LogP contribution in [0.5, 0.6) is 0 Å². The first-order valence-corrected chi connectivity index (χ1v) is 8.71. The number of alkyl halides is 3. The van der Waals surface area contributed by atoms with Crippen LogP contribution in [0.4, 0.5) is 25.1 Å². The van der Waals surface area contributed by atoms with E-state index in [-0.39, 0.29) is 30.4 Å². The number of hydrogen-bond donors (Lipinski definition) is 3. The Labute approximate surface area is 150 Å². The fourth-order valence-electron chi connectivity index (χ4n) is 2.42. The molecule has 3 rings (SSSR count). The third-order valence-electron chi connectivity index (χ3n) is 4.75. The second-order valence-electron chi connectivity index (χ2n) is 7.17. The zero-order chi connectivity index (χ0) is 18.9. The highest BCUT2D eigenvalue weighted by atomic mass is 19.4. The monoisotopic (exact) mass is 369 g/mol. The van der Waals surface area contributed by atoms with Crippen LogP contribution in [0.3, 0.4) is 0 Å². The highest BCUT2D eigenvalue weighted by Crippen LogP contribution is 2.44. The molecule has 2 atom stereocenters. The highest BCUT2D eigenvalue weighted by molar-refractivity contribution is 5.41. The summed E-state index contributed by atoms with van der Waals surface area (Å²) in [5.41, 5.74) is -0.422. The van der Waals surface area contributed by atoms with Crippen LogP contribution >= 0.6 is 0 Å². The van der Waals surface area contributed by atoms with Crippen molar-refractivity contribution in [1.29, 1.82) is 0 Å². The lowest BCUT2D eigenvalue weighted by Crippen LogP contribution is -2.34. The van der Waals surface area contributed by atoms with Gasteiger partial charge >= 0.3 is 6.18 Å². The summed E-state index contributed by atoms with van der Waals surface area (Å²) in [6.45, 7) is 2.94. The molecule has 1 heterocycles. The Bertz CT molecular complexity index is 719. The van der Waals surface area contributed by atoms with Gasteiger partial charge in [-0.25, -0.2) is 0 Å². The van der Waals surface area contributed by atoms with E-state index in [4.69, 9.17) is 0 Å². The Morgan fingerprint density at radius 1 is 1.15 bits per heavy atom. The summed E-state index contributed by atoms with van der Waals surface area (Å²) in [5.74, 6) is 6.35. The van der Waals surface area contributed by atoms with Crippen LogP contribution in [0.25, 0.3) is 0 Å². The number of aromatic nitrogens is 3. The van der Waals surface area contributed by atoms with E-state index in [0.29, 0.717) is 5.92 Å². The zero-order valence-electron chi connectivity index (χ0n) is 14.7. The van der Waals surface area contributed by atoms with Crippen LogP contribution in [0.1, 0.15) is 45.4 Å². The maximum atomic E-state index is 12.8. The number of nitrogens with zero attached hydrogens (tertiary/aromatic N) is 3. The normalized spacial score (nSPS) is 20.5. The number of nitrogens with one attached hydrogen (secondary N) is 2. The summed E-state index contributed by atoms with van der Waals surface area (Å²) >= 11 is 0. The SMILES string of the molecule is C[C@@H](Nc1nc(C#CC2(CO)CC2)nc(N[C@H](C)C(F)(F)F)n1)C1CC1. The summed E-state index contributed by atoms with van der Waals surface area (Å²) < 4.78 is 38.4. The summed E-state index contributed by atoms with van der Waals surface area (Å²) in [6, 6.07) is -1.68. The van der Waals surface area contributed by atoms with Crippen molar-refractivity contribution in [2.45, 2.75) is 57.8 Å². The fourth-order valence-corrected chi connectivity index (χ4v) is 2.42. The Kier molecular flexibility index (Phi) is 4.97. The maximum absolute atomic E-state index is 12.8. The molecule has 3 N–H and O–H groups in total. The molecule has 0 spiro atoms. The molecular formula is C17H22F3N5O. The van der Waals surface area contributed by atoms with Crippen molar-refractivity contribution >= 4 is 11.9 Å². The summed E-state index contributed by atoms with van der Waals surface area (Å²) in [6.07, 6.45) is -0.603. The molecule has 142 valence electrons. The Morgan fingerprint density at radius 3 is 2.27 bits per heavy atom. The van der Waals surface area contributed by atoms with Gasteiger partial charge in [-0.15, -0.1) is 0 Å². The van der Waals surface area contributed by atoms with E-state index in [0.717, 1.165) is 32.6 Å². The standard InChI is InChI=1S/C17H22F3N5O/c1-10(12-3-4-12)21-14-23-13(5-6-16(9-26)7-8-16)24-15(25-14)22-11(2)17(18,19)20/h10-12,26H,3-4,7-9H2,1-2H3,(H2,21,22,23,24,25)/t10-,11-/m1/s1. The highest BCUT2D eigenvalue weighted by Gasteiger charge is 2.40. The van der Waals surface area contributed by atoms with Crippen molar-refractivity contribution in [2.75, 3.05) is 17.2 Å². The van der Waals surface area contributed by atoms with Gasteiger partial charge in [0, 0.05) is 6.04 Å². The molecule has 0 saturated heterocycles. The molecule has 2 saturated carbocycles. The predicted octanol–water partition coefficient (Wildman–Crippen LogP) is 2.57. The summed E-state index contributed by atoms with van der Waals surface area (Å²) in [4.78, 5) is 12.3. The minimum Gasteiger partial charge on any atom is -0.395 e.